The van der Waals surface area contributed by atoms with Gasteiger partial charge in [0, 0.05) is 5.69 Å². The van der Waals surface area contributed by atoms with Crippen molar-refractivity contribution in [3.63, 3.8) is 0 Å². The van der Waals surface area contributed by atoms with Crippen molar-refractivity contribution in [3.05, 3.63) is 57.3 Å². The van der Waals surface area contributed by atoms with Gasteiger partial charge in [-0.2, -0.15) is 0 Å². The molecule has 1 aliphatic carbocycles. The Labute approximate surface area is 133 Å². The Balaban J connectivity index is 1.90. The molecule has 1 N–H and O–H groups in total. The highest BCUT2D eigenvalue weighted by Crippen LogP contribution is 2.28. The third kappa shape index (κ3) is 3.04. The van der Waals surface area contributed by atoms with Crippen LogP contribution in [0.5, 0.6) is 0 Å². The fourth-order valence-electron chi connectivity index (χ4n) is 2.66. The summed E-state index contributed by atoms with van der Waals surface area (Å²) in [5, 5.41) is 3.45. The van der Waals surface area contributed by atoms with Crippen LogP contribution in [0.1, 0.15) is 34.5 Å². The van der Waals surface area contributed by atoms with E-state index in [4.69, 9.17) is 23.2 Å². The van der Waals surface area contributed by atoms with Crippen LogP contribution in [0.2, 0.25) is 10.2 Å². The largest absolute Gasteiger partial charge is 0.320 e. The van der Waals surface area contributed by atoms with Gasteiger partial charge in [0.25, 0.3) is 5.91 Å². The number of aryl methyl sites for hydroxylation is 1. The summed E-state index contributed by atoms with van der Waals surface area (Å²) in [5.41, 5.74) is 3.52. The zero-order chi connectivity index (χ0) is 14.8. The normalized spacial score (nSPS) is 13.6. The first-order valence-corrected chi connectivity index (χ1v) is 7.65. The SMILES string of the molecule is O=C(Nc1cccc2c1CCCC2)c1nc(Cl)ccc1Cl. The van der Waals surface area contributed by atoms with Crippen LogP contribution in [0.3, 0.4) is 0 Å². The van der Waals surface area contributed by atoms with Crippen molar-refractivity contribution in [1.29, 1.82) is 0 Å². The van der Waals surface area contributed by atoms with Gasteiger partial charge in [0.15, 0.2) is 0 Å². The number of nitrogens with one attached hydrogen (secondary N) is 1. The minimum absolute atomic E-state index is 0.151. The van der Waals surface area contributed by atoms with Gasteiger partial charge >= 0.3 is 0 Å². The third-order valence-electron chi connectivity index (χ3n) is 3.67. The lowest BCUT2D eigenvalue weighted by Gasteiger charge is -2.19. The first-order valence-electron chi connectivity index (χ1n) is 6.89. The smallest absolute Gasteiger partial charge is 0.275 e. The Hall–Kier alpha value is -1.58. The van der Waals surface area contributed by atoms with Crippen LogP contribution in [0.25, 0.3) is 0 Å². The molecule has 2 aromatic rings. The number of amides is 1. The predicted molar refractivity (Wildman–Crippen MR) is 85.3 cm³/mol. The lowest BCUT2D eigenvalue weighted by atomic mass is 9.90. The molecule has 0 spiro atoms. The van der Waals surface area contributed by atoms with Crippen molar-refractivity contribution in [1.82, 2.24) is 4.98 Å². The minimum atomic E-state index is -0.332. The molecule has 21 heavy (non-hydrogen) atoms. The number of anilines is 1. The van der Waals surface area contributed by atoms with E-state index in [-0.39, 0.29) is 16.8 Å². The Morgan fingerprint density at radius 1 is 1.10 bits per heavy atom. The second-order valence-electron chi connectivity index (χ2n) is 5.07. The molecule has 0 atom stereocenters. The van der Waals surface area contributed by atoms with E-state index >= 15 is 0 Å². The number of pyridine rings is 1. The number of benzene rings is 1. The van der Waals surface area contributed by atoms with Crippen molar-refractivity contribution >= 4 is 34.8 Å². The van der Waals surface area contributed by atoms with E-state index in [9.17, 15) is 4.79 Å². The Morgan fingerprint density at radius 2 is 1.90 bits per heavy atom. The van der Waals surface area contributed by atoms with Gasteiger partial charge in [-0.3, -0.25) is 4.79 Å². The highest BCUT2D eigenvalue weighted by atomic mass is 35.5. The van der Waals surface area contributed by atoms with Gasteiger partial charge in [-0.1, -0.05) is 35.3 Å². The quantitative estimate of drug-likeness (QED) is 0.826. The van der Waals surface area contributed by atoms with Gasteiger partial charge < -0.3 is 5.32 Å². The topological polar surface area (TPSA) is 42.0 Å². The summed E-state index contributed by atoms with van der Waals surface area (Å²) in [6.07, 6.45) is 4.40. The highest BCUT2D eigenvalue weighted by molar-refractivity contribution is 6.35. The number of fused-ring (bicyclic) bond motifs is 1. The van der Waals surface area contributed by atoms with Crippen LogP contribution in [0, 0.1) is 0 Å². The molecular weight excluding hydrogens is 307 g/mol. The molecule has 1 aliphatic rings. The molecule has 0 bridgehead atoms. The molecule has 0 fully saturated rings. The summed E-state index contributed by atoms with van der Waals surface area (Å²) in [6.45, 7) is 0. The standard InChI is InChI=1S/C16H14Cl2N2O/c17-12-8-9-14(18)20-15(12)16(21)19-13-7-3-5-10-4-1-2-6-11(10)13/h3,5,7-9H,1-2,4,6H2,(H,19,21). The van der Waals surface area contributed by atoms with Crippen LogP contribution < -0.4 is 5.32 Å². The van der Waals surface area contributed by atoms with Gasteiger partial charge in [0.2, 0.25) is 0 Å². The van der Waals surface area contributed by atoms with Crippen molar-refractivity contribution in [2.24, 2.45) is 0 Å². The molecule has 1 aromatic heterocycles. The molecule has 108 valence electrons. The molecule has 3 rings (SSSR count). The number of aromatic nitrogens is 1. The van der Waals surface area contributed by atoms with E-state index < -0.39 is 0 Å². The molecule has 1 aromatic carbocycles. The van der Waals surface area contributed by atoms with Crippen molar-refractivity contribution < 1.29 is 4.79 Å². The fourth-order valence-corrected chi connectivity index (χ4v) is 3.00. The third-order valence-corrected chi connectivity index (χ3v) is 4.19. The minimum Gasteiger partial charge on any atom is -0.320 e. The zero-order valence-electron chi connectivity index (χ0n) is 11.3. The van der Waals surface area contributed by atoms with E-state index in [1.54, 1.807) is 12.1 Å². The van der Waals surface area contributed by atoms with E-state index in [1.165, 1.54) is 17.5 Å². The lowest BCUT2D eigenvalue weighted by molar-refractivity contribution is 0.102. The van der Waals surface area contributed by atoms with E-state index in [1.807, 2.05) is 12.1 Å². The molecule has 1 amide bonds. The fraction of sp³-hybridized carbons (Fsp3) is 0.250. The van der Waals surface area contributed by atoms with Gasteiger partial charge in [-0.15, -0.1) is 0 Å². The summed E-state index contributed by atoms with van der Waals surface area (Å²) >= 11 is 11.8. The molecule has 5 heteroatoms. The highest BCUT2D eigenvalue weighted by Gasteiger charge is 2.17. The number of halogens is 2. The zero-order valence-corrected chi connectivity index (χ0v) is 12.8. The number of hydrogen-bond donors (Lipinski definition) is 1. The number of nitrogens with zero attached hydrogens (tertiary/aromatic N) is 1. The first kappa shape index (κ1) is 14.4. The van der Waals surface area contributed by atoms with Gasteiger partial charge in [0.05, 0.1) is 5.02 Å². The Bertz CT molecular complexity index is 701. The van der Waals surface area contributed by atoms with Crippen molar-refractivity contribution in [2.45, 2.75) is 25.7 Å². The average Bonchev–Trinajstić information content (AvgIpc) is 2.50. The first-order chi connectivity index (χ1) is 10.1. The summed E-state index contributed by atoms with van der Waals surface area (Å²) in [4.78, 5) is 16.4. The predicted octanol–water partition coefficient (Wildman–Crippen LogP) is 4.52. The maximum atomic E-state index is 12.4. The number of hydrogen-bond acceptors (Lipinski definition) is 2. The van der Waals surface area contributed by atoms with Crippen molar-refractivity contribution in [3.8, 4) is 0 Å². The number of carbonyl (C=O) groups is 1. The number of rotatable bonds is 2. The molecule has 0 unspecified atom stereocenters. The second kappa shape index (κ2) is 6.04. The second-order valence-corrected chi connectivity index (χ2v) is 5.86. The Kier molecular flexibility index (Phi) is 4.13. The molecule has 1 heterocycles. The van der Waals surface area contributed by atoms with Gasteiger partial charge in [-0.25, -0.2) is 4.98 Å². The van der Waals surface area contributed by atoms with Gasteiger partial charge in [-0.05, 0) is 55.0 Å². The van der Waals surface area contributed by atoms with Crippen LogP contribution in [-0.4, -0.2) is 10.9 Å². The molecule has 0 saturated carbocycles. The number of carbonyl (C=O) groups excluding carboxylic acids is 1. The van der Waals surface area contributed by atoms with Gasteiger partial charge in [0.1, 0.15) is 10.8 Å². The van der Waals surface area contributed by atoms with Crippen LogP contribution in [-0.2, 0) is 12.8 Å². The van der Waals surface area contributed by atoms with Crippen LogP contribution in [0.15, 0.2) is 30.3 Å². The van der Waals surface area contributed by atoms with Crippen LogP contribution >= 0.6 is 23.2 Å². The van der Waals surface area contributed by atoms with Crippen molar-refractivity contribution in [2.75, 3.05) is 5.32 Å². The average molecular weight is 321 g/mol. The van der Waals surface area contributed by atoms with Crippen LogP contribution in [0.4, 0.5) is 5.69 Å². The maximum Gasteiger partial charge on any atom is 0.275 e. The molecule has 0 saturated heterocycles. The summed E-state index contributed by atoms with van der Waals surface area (Å²) in [6, 6.07) is 9.14. The molecule has 0 radical (unpaired) electrons. The lowest BCUT2D eigenvalue weighted by Crippen LogP contribution is -2.17. The Morgan fingerprint density at radius 3 is 2.76 bits per heavy atom. The molecular formula is C16H14Cl2N2O. The monoisotopic (exact) mass is 320 g/mol. The molecule has 0 aliphatic heterocycles. The van der Waals surface area contributed by atoms with E-state index in [0.717, 1.165) is 24.9 Å². The summed E-state index contributed by atoms with van der Waals surface area (Å²) < 4.78 is 0. The van der Waals surface area contributed by atoms with E-state index in [0.29, 0.717) is 5.02 Å². The molecule has 3 nitrogen and oxygen atoms in total. The maximum absolute atomic E-state index is 12.4. The summed E-state index contributed by atoms with van der Waals surface area (Å²) in [7, 11) is 0. The van der Waals surface area contributed by atoms with E-state index in [2.05, 4.69) is 16.4 Å². The summed E-state index contributed by atoms with van der Waals surface area (Å²) in [5.74, 6) is -0.332.